The summed E-state index contributed by atoms with van der Waals surface area (Å²) in [7, 11) is 0. The third kappa shape index (κ3) is 25.1. The van der Waals surface area contributed by atoms with Crippen LogP contribution in [0.5, 0.6) is 0 Å². The first-order valence-electron chi connectivity index (χ1n) is 7.89. The fourth-order valence-electron chi connectivity index (χ4n) is 0.839. The molecule has 0 heterocycles. The molecule has 0 atom stereocenters. The highest BCUT2D eigenvalue weighted by atomic mass is 16.2. The van der Waals surface area contributed by atoms with Gasteiger partial charge >= 0.3 is 0 Å². The van der Waals surface area contributed by atoms with Crippen molar-refractivity contribution in [3.63, 3.8) is 0 Å². The molecular weight excluding hydrogens is 408 g/mol. The zero-order valence-electron chi connectivity index (χ0n) is 16.5. The van der Waals surface area contributed by atoms with Gasteiger partial charge in [0.15, 0.2) is 0 Å². The van der Waals surface area contributed by atoms with Crippen LogP contribution < -0.4 is 34.0 Å². The Morgan fingerprint density at radius 2 is 0.903 bits per heavy atom. The molecule has 0 aliphatic heterocycles. The van der Waals surface area contributed by atoms with Crippen LogP contribution in [0, 0.1) is 34.0 Å². The van der Waals surface area contributed by atoms with E-state index in [2.05, 4.69) is 34.0 Å². The molecule has 0 aliphatic rings. The summed E-state index contributed by atoms with van der Waals surface area (Å²) in [4.78, 5) is 29.7. The summed E-state index contributed by atoms with van der Waals surface area (Å²) in [5.41, 5.74) is 19.3. The number of nitriles is 3. The highest BCUT2D eigenvalue weighted by Crippen LogP contribution is 1.79. The standard InChI is InChI=1S/3C4H2N3O.C4H13N3/c3*5-1-3(2-6)4(7)8;5-1-3-7-4-2-6/h3*(H2,7,8);7H,1-6H2/q3*-1;/p+3. The topological polar surface area (TPSA) is 339 Å². The summed E-state index contributed by atoms with van der Waals surface area (Å²) in [6.07, 6.45) is 0. The molecule has 15 heteroatoms. The first kappa shape index (κ1) is 33.7. The van der Waals surface area contributed by atoms with E-state index in [0.29, 0.717) is 0 Å². The van der Waals surface area contributed by atoms with Gasteiger partial charge < -0.3 is 50.2 Å². The molecule has 0 aliphatic carbocycles. The van der Waals surface area contributed by atoms with Crippen LogP contribution in [0.25, 0.3) is 16.2 Å². The van der Waals surface area contributed by atoms with Crippen LogP contribution in [0.1, 0.15) is 0 Å². The van der Waals surface area contributed by atoms with Gasteiger partial charge in [0, 0.05) is 0 Å². The minimum atomic E-state index is -0.977. The second-order valence-corrected chi connectivity index (χ2v) is 4.46. The highest BCUT2D eigenvalue weighted by molar-refractivity contribution is 6.05. The molecule has 0 saturated heterocycles. The molecule has 0 rings (SSSR count). The molecule has 164 valence electrons. The van der Waals surface area contributed by atoms with Crippen LogP contribution >= 0.6 is 0 Å². The predicted molar refractivity (Wildman–Crippen MR) is 107 cm³/mol. The SMILES string of the molecule is N#CC(=C=[N-])C(N)=O.N#CC(=C=[N-])C(N)=O.N#CC(=C=[N-])C(N)=O.[NH3+]CC[NH2+]CC[NH3+]. The maximum atomic E-state index is 9.90. The van der Waals surface area contributed by atoms with Gasteiger partial charge in [-0.05, 0) is 0 Å². The van der Waals surface area contributed by atoms with Crippen molar-refractivity contribution < 1.29 is 31.2 Å². The number of nitrogens with two attached hydrogens (primary N) is 4. The van der Waals surface area contributed by atoms with Crippen molar-refractivity contribution >= 4 is 35.3 Å². The number of amides is 3. The molecule has 3 amide bonds. The maximum absolute atomic E-state index is 9.90. The first-order valence-corrected chi connectivity index (χ1v) is 7.89. The largest absolute Gasteiger partial charge is 0.762 e. The molecule has 0 aromatic heterocycles. The number of primary amides is 3. The quantitative estimate of drug-likeness (QED) is 0.0985. The fraction of sp³-hybridized carbons (Fsp3) is 0.250. The average molecular weight is 430 g/mol. The normalized spacial score (nSPS) is 7.06. The molecule has 31 heavy (non-hydrogen) atoms. The second kappa shape index (κ2) is 25.1. The Bertz CT molecular complexity index is 771. The number of carbonyl (C=O) groups excluding carboxylic acids is 3. The number of carbonyl (C=O) groups is 3. The number of rotatable bonds is 7. The van der Waals surface area contributed by atoms with Gasteiger partial charge in [-0.15, -0.1) is 0 Å². The summed E-state index contributed by atoms with van der Waals surface area (Å²) in [5, 5.41) is 49.6. The van der Waals surface area contributed by atoms with E-state index >= 15 is 0 Å². The smallest absolute Gasteiger partial charge is 0.265 e. The Balaban J connectivity index is -0.000000157. The highest BCUT2D eigenvalue weighted by Gasteiger charge is 1.97. The summed E-state index contributed by atoms with van der Waals surface area (Å²) < 4.78 is 0. The zero-order chi connectivity index (χ0) is 25.2. The van der Waals surface area contributed by atoms with Crippen molar-refractivity contribution in [2.75, 3.05) is 26.2 Å². The summed E-state index contributed by atoms with van der Waals surface area (Å²) >= 11 is 0. The Morgan fingerprint density at radius 3 is 0.968 bits per heavy atom. The van der Waals surface area contributed by atoms with E-state index in [1.54, 1.807) is 0 Å². The first-order chi connectivity index (χ1) is 14.6. The van der Waals surface area contributed by atoms with Crippen LogP contribution in [0.2, 0.25) is 0 Å². The van der Waals surface area contributed by atoms with E-state index in [0.717, 1.165) is 26.2 Å². The number of hydrogen-bond acceptors (Lipinski definition) is 6. The molecule has 0 unspecified atom stereocenters. The maximum Gasteiger partial charge on any atom is 0.265 e. The number of hydrogen-bond donors (Lipinski definition) is 6. The van der Waals surface area contributed by atoms with Crippen LogP contribution in [0.3, 0.4) is 0 Å². The zero-order valence-corrected chi connectivity index (χ0v) is 16.5. The van der Waals surface area contributed by atoms with Gasteiger partial charge in [0.1, 0.15) is 61.1 Å². The molecule has 0 saturated carbocycles. The van der Waals surface area contributed by atoms with E-state index in [1.807, 2.05) is 0 Å². The molecular formula is C16H22N12O3. The number of quaternary nitrogens is 3. The van der Waals surface area contributed by atoms with E-state index < -0.39 is 34.4 Å². The molecule has 0 fully saturated rings. The van der Waals surface area contributed by atoms with E-state index in [1.165, 1.54) is 35.8 Å². The average Bonchev–Trinajstić information content (AvgIpc) is 2.72. The van der Waals surface area contributed by atoms with Crippen molar-refractivity contribution in [2.45, 2.75) is 0 Å². The monoisotopic (exact) mass is 430 g/mol. The van der Waals surface area contributed by atoms with Gasteiger partial charge in [-0.1, -0.05) is 0 Å². The summed E-state index contributed by atoms with van der Waals surface area (Å²) in [6, 6.07) is 4.00. The van der Waals surface area contributed by atoms with Crippen LogP contribution in [0.15, 0.2) is 16.7 Å². The summed E-state index contributed by atoms with van der Waals surface area (Å²) in [6.45, 7) is 4.35. The third-order valence-corrected chi connectivity index (χ3v) is 2.23. The Labute approximate surface area is 177 Å². The van der Waals surface area contributed by atoms with Crippen molar-refractivity contribution in [3.8, 4) is 18.2 Å². The van der Waals surface area contributed by atoms with Crippen molar-refractivity contribution in [2.24, 2.45) is 17.2 Å². The van der Waals surface area contributed by atoms with Gasteiger partial charge in [-0.2, -0.15) is 15.8 Å². The van der Waals surface area contributed by atoms with E-state index in [9.17, 15) is 14.4 Å². The Kier molecular flexibility index (Phi) is 27.3. The molecule has 0 aromatic carbocycles. The van der Waals surface area contributed by atoms with Gasteiger partial charge in [-0.3, -0.25) is 14.4 Å². The number of nitrogens with zero attached hydrogens (tertiary/aromatic N) is 6. The minimum Gasteiger partial charge on any atom is -0.762 e. The van der Waals surface area contributed by atoms with Crippen molar-refractivity contribution in [1.29, 1.82) is 15.8 Å². The minimum absolute atomic E-state index is 0.565. The molecule has 0 bridgehead atoms. The van der Waals surface area contributed by atoms with Gasteiger partial charge in [0.25, 0.3) is 17.7 Å². The van der Waals surface area contributed by atoms with Crippen LogP contribution in [-0.4, -0.2) is 61.5 Å². The van der Waals surface area contributed by atoms with Crippen LogP contribution in [-0.2, 0) is 14.4 Å². The Hall–Kier alpha value is -4.89. The van der Waals surface area contributed by atoms with Gasteiger partial charge in [0.05, 0.1) is 0 Å². The van der Waals surface area contributed by atoms with Crippen LogP contribution in [0.4, 0.5) is 0 Å². The fourth-order valence-corrected chi connectivity index (χ4v) is 0.839. The molecule has 0 spiro atoms. The van der Waals surface area contributed by atoms with Gasteiger partial charge in [-0.25, -0.2) is 17.6 Å². The van der Waals surface area contributed by atoms with E-state index in [4.69, 9.17) is 32.0 Å². The van der Waals surface area contributed by atoms with Crippen molar-refractivity contribution in [1.82, 2.24) is 0 Å². The lowest BCUT2D eigenvalue weighted by molar-refractivity contribution is -0.683. The third-order valence-electron chi connectivity index (χ3n) is 2.23. The lowest BCUT2D eigenvalue weighted by Gasteiger charge is -1.89. The molecule has 0 radical (unpaired) electrons. The van der Waals surface area contributed by atoms with E-state index in [-0.39, 0.29) is 0 Å². The lowest BCUT2D eigenvalue weighted by Crippen LogP contribution is -2.90. The molecule has 15 nitrogen and oxygen atoms in total. The van der Waals surface area contributed by atoms with Gasteiger partial charge in [0.2, 0.25) is 0 Å². The second-order valence-electron chi connectivity index (χ2n) is 4.46. The molecule has 14 N–H and O–H groups in total. The predicted octanol–water partition coefficient (Wildman–Crippen LogP) is -6.48. The summed E-state index contributed by atoms with van der Waals surface area (Å²) in [5.74, 6) is 1.07. The lowest BCUT2D eigenvalue weighted by atomic mass is 10.3. The van der Waals surface area contributed by atoms with Crippen molar-refractivity contribution in [3.05, 3.63) is 32.9 Å². The Morgan fingerprint density at radius 1 is 0.677 bits per heavy atom. The molecule has 0 aromatic rings.